The second kappa shape index (κ2) is 9.20. The van der Waals surface area contributed by atoms with Crippen molar-refractivity contribution in [2.45, 2.75) is 46.8 Å². The highest BCUT2D eigenvalue weighted by Crippen LogP contribution is 2.39. The SMILES string of the molecule is CCS(=O)(=O)Nc1ccc(-c2ccc3c(c2)N(C(=O)OC(C)C)CC(C)N3C(C)=O)cc1. The highest BCUT2D eigenvalue weighted by Gasteiger charge is 2.34. The molecular formula is C23H29N3O5S. The van der Waals surface area contributed by atoms with Crippen LogP contribution in [0, 0.1) is 0 Å². The van der Waals surface area contributed by atoms with Gasteiger partial charge in [-0.05, 0) is 63.1 Å². The van der Waals surface area contributed by atoms with E-state index in [1.165, 1.54) is 6.92 Å². The number of amides is 2. The molecule has 32 heavy (non-hydrogen) atoms. The standard InChI is InChI=1S/C23H29N3O5S/c1-6-32(29,30)24-20-10-7-18(8-11-20)19-9-12-21-22(13-19)25(23(28)31-15(2)3)14-16(4)26(21)17(5)27/h7-13,15-16,24H,6,14H2,1-5H3. The minimum atomic E-state index is -3.35. The van der Waals surface area contributed by atoms with Crippen LogP contribution in [-0.2, 0) is 19.6 Å². The first-order chi connectivity index (χ1) is 15.0. The van der Waals surface area contributed by atoms with Gasteiger partial charge in [0.2, 0.25) is 15.9 Å². The first-order valence-corrected chi connectivity index (χ1v) is 12.2. The van der Waals surface area contributed by atoms with Gasteiger partial charge in [-0.25, -0.2) is 13.2 Å². The summed E-state index contributed by atoms with van der Waals surface area (Å²) in [5.74, 6) is -0.108. The summed E-state index contributed by atoms with van der Waals surface area (Å²) in [6, 6.07) is 12.4. The van der Waals surface area contributed by atoms with Gasteiger partial charge in [-0.1, -0.05) is 18.2 Å². The predicted octanol–water partition coefficient (Wildman–Crippen LogP) is 4.22. The quantitative estimate of drug-likeness (QED) is 0.722. The second-order valence-corrected chi connectivity index (χ2v) is 10.1. The Morgan fingerprint density at radius 1 is 1.09 bits per heavy atom. The third-order valence-electron chi connectivity index (χ3n) is 5.18. The van der Waals surface area contributed by atoms with E-state index in [1.807, 2.05) is 25.1 Å². The van der Waals surface area contributed by atoms with Gasteiger partial charge in [0, 0.05) is 19.2 Å². The van der Waals surface area contributed by atoms with Gasteiger partial charge in [-0.2, -0.15) is 0 Å². The molecule has 0 fully saturated rings. The van der Waals surface area contributed by atoms with Crippen molar-refractivity contribution < 1.29 is 22.7 Å². The van der Waals surface area contributed by atoms with E-state index in [1.54, 1.807) is 54.8 Å². The molecule has 3 rings (SSSR count). The predicted molar refractivity (Wildman–Crippen MR) is 127 cm³/mol. The van der Waals surface area contributed by atoms with Crippen LogP contribution in [-0.4, -0.2) is 44.9 Å². The molecule has 8 nitrogen and oxygen atoms in total. The van der Waals surface area contributed by atoms with Gasteiger partial charge < -0.3 is 9.64 Å². The average Bonchev–Trinajstić information content (AvgIpc) is 2.72. The lowest BCUT2D eigenvalue weighted by molar-refractivity contribution is -0.117. The molecule has 1 heterocycles. The summed E-state index contributed by atoms with van der Waals surface area (Å²) in [5.41, 5.74) is 3.39. The topological polar surface area (TPSA) is 96.0 Å². The summed E-state index contributed by atoms with van der Waals surface area (Å²) in [6.07, 6.45) is -0.729. The third-order valence-corrected chi connectivity index (χ3v) is 6.49. The van der Waals surface area contributed by atoms with Crippen LogP contribution in [0.5, 0.6) is 0 Å². The van der Waals surface area contributed by atoms with Gasteiger partial charge in [0.05, 0.1) is 29.3 Å². The van der Waals surface area contributed by atoms with Crippen LogP contribution >= 0.6 is 0 Å². The number of ether oxygens (including phenoxy) is 1. The molecule has 2 aromatic rings. The minimum Gasteiger partial charge on any atom is -0.446 e. The van der Waals surface area contributed by atoms with Crippen LogP contribution in [0.25, 0.3) is 11.1 Å². The summed E-state index contributed by atoms with van der Waals surface area (Å²) in [6.45, 7) is 8.87. The van der Waals surface area contributed by atoms with Gasteiger partial charge in [0.15, 0.2) is 0 Å². The van der Waals surface area contributed by atoms with Gasteiger partial charge in [-0.15, -0.1) is 0 Å². The fraction of sp³-hybridized carbons (Fsp3) is 0.391. The normalized spacial score (nSPS) is 16.0. The van der Waals surface area contributed by atoms with E-state index in [4.69, 9.17) is 4.74 Å². The lowest BCUT2D eigenvalue weighted by atomic mass is 10.0. The zero-order chi connectivity index (χ0) is 23.6. The van der Waals surface area contributed by atoms with Gasteiger partial charge in [0.1, 0.15) is 0 Å². The number of hydrogen-bond donors (Lipinski definition) is 1. The Balaban J connectivity index is 2.00. The molecule has 9 heteroatoms. The zero-order valence-corrected chi connectivity index (χ0v) is 19.8. The third kappa shape index (κ3) is 5.04. The highest BCUT2D eigenvalue weighted by atomic mass is 32.2. The molecule has 1 unspecified atom stereocenters. The molecule has 2 amide bonds. The van der Waals surface area contributed by atoms with E-state index in [2.05, 4.69) is 4.72 Å². The monoisotopic (exact) mass is 459 g/mol. The lowest BCUT2D eigenvalue weighted by Crippen LogP contribution is -2.51. The number of benzene rings is 2. The fourth-order valence-corrected chi connectivity index (χ4v) is 4.34. The maximum absolute atomic E-state index is 12.8. The molecular weight excluding hydrogens is 430 g/mol. The van der Waals surface area contributed by atoms with Crippen molar-refractivity contribution >= 4 is 39.1 Å². The zero-order valence-electron chi connectivity index (χ0n) is 19.0. The number of carbonyl (C=O) groups is 2. The summed E-state index contributed by atoms with van der Waals surface area (Å²) in [5, 5.41) is 0. The number of fused-ring (bicyclic) bond motifs is 1. The van der Waals surface area contributed by atoms with E-state index in [0.29, 0.717) is 23.6 Å². The maximum Gasteiger partial charge on any atom is 0.414 e. The van der Waals surface area contributed by atoms with Crippen LogP contribution in [0.3, 0.4) is 0 Å². The number of anilines is 3. The largest absolute Gasteiger partial charge is 0.446 e. The minimum absolute atomic E-state index is 0.00699. The van der Waals surface area contributed by atoms with E-state index >= 15 is 0 Å². The van der Waals surface area contributed by atoms with Gasteiger partial charge >= 0.3 is 6.09 Å². The van der Waals surface area contributed by atoms with Crippen LogP contribution in [0.15, 0.2) is 42.5 Å². The van der Waals surface area contributed by atoms with Crippen LogP contribution in [0.1, 0.15) is 34.6 Å². The van der Waals surface area contributed by atoms with E-state index in [-0.39, 0.29) is 23.8 Å². The van der Waals surface area contributed by atoms with Crippen LogP contribution < -0.4 is 14.5 Å². The molecule has 0 spiro atoms. The van der Waals surface area contributed by atoms with Gasteiger partial charge in [-0.3, -0.25) is 14.4 Å². The summed E-state index contributed by atoms with van der Waals surface area (Å²) in [7, 11) is -3.35. The van der Waals surface area contributed by atoms with Crippen molar-refractivity contribution in [2.75, 3.05) is 26.8 Å². The molecule has 1 N–H and O–H groups in total. The van der Waals surface area contributed by atoms with Crippen LogP contribution in [0.4, 0.5) is 21.9 Å². The Morgan fingerprint density at radius 3 is 2.28 bits per heavy atom. The van der Waals surface area contributed by atoms with Crippen molar-refractivity contribution in [3.63, 3.8) is 0 Å². The van der Waals surface area contributed by atoms with Crippen molar-refractivity contribution in [1.82, 2.24) is 0 Å². The molecule has 1 atom stereocenters. The fourth-order valence-electron chi connectivity index (χ4n) is 3.71. The summed E-state index contributed by atoms with van der Waals surface area (Å²) < 4.78 is 31.5. The molecule has 0 radical (unpaired) electrons. The Kier molecular flexibility index (Phi) is 6.78. The van der Waals surface area contributed by atoms with Crippen molar-refractivity contribution in [3.8, 4) is 11.1 Å². The molecule has 1 aliphatic rings. The van der Waals surface area contributed by atoms with Crippen LogP contribution in [0.2, 0.25) is 0 Å². The Morgan fingerprint density at radius 2 is 1.72 bits per heavy atom. The first kappa shape index (κ1) is 23.6. The van der Waals surface area contributed by atoms with Crippen molar-refractivity contribution in [1.29, 1.82) is 0 Å². The molecule has 0 saturated carbocycles. The second-order valence-electron chi connectivity index (χ2n) is 8.07. The molecule has 0 aromatic heterocycles. The van der Waals surface area contributed by atoms with E-state index in [0.717, 1.165) is 11.1 Å². The summed E-state index contributed by atoms with van der Waals surface area (Å²) in [4.78, 5) is 28.3. The molecule has 1 aliphatic heterocycles. The Bertz CT molecular complexity index is 1110. The molecule has 172 valence electrons. The number of hydrogen-bond acceptors (Lipinski definition) is 5. The molecule has 0 saturated heterocycles. The molecule has 2 aromatic carbocycles. The first-order valence-electron chi connectivity index (χ1n) is 10.5. The number of carbonyl (C=O) groups excluding carboxylic acids is 2. The molecule has 0 aliphatic carbocycles. The smallest absolute Gasteiger partial charge is 0.414 e. The molecule has 0 bridgehead atoms. The number of sulfonamides is 1. The number of nitrogens with one attached hydrogen (secondary N) is 1. The van der Waals surface area contributed by atoms with Gasteiger partial charge in [0.25, 0.3) is 0 Å². The number of nitrogens with zero attached hydrogens (tertiary/aromatic N) is 2. The number of rotatable bonds is 5. The Hall–Kier alpha value is -3.07. The summed E-state index contributed by atoms with van der Waals surface area (Å²) >= 11 is 0. The lowest BCUT2D eigenvalue weighted by Gasteiger charge is -2.40. The highest BCUT2D eigenvalue weighted by molar-refractivity contribution is 7.92. The average molecular weight is 460 g/mol. The Labute approximate surface area is 189 Å². The van der Waals surface area contributed by atoms with E-state index < -0.39 is 16.1 Å². The van der Waals surface area contributed by atoms with E-state index in [9.17, 15) is 18.0 Å². The van der Waals surface area contributed by atoms with Crippen molar-refractivity contribution in [2.24, 2.45) is 0 Å². The maximum atomic E-state index is 12.8. The van der Waals surface area contributed by atoms with Crippen molar-refractivity contribution in [3.05, 3.63) is 42.5 Å².